The predicted octanol–water partition coefficient (Wildman–Crippen LogP) is 4.36. The van der Waals surface area contributed by atoms with E-state index in [1.54, 1.807) is 6.92 Å². The molecule has 2 rings (SSSR count). The molecule has 0 aliphatic carbocycles. The molecule has 0 radical (unpaired) electrons. The largest absolute Gasteiger partial charge is 0.299 e. The van der Waals surface area contributed by atoms with Crippen molar-refractivity contribution in [1.82, 2.24) is 0 Å². The third kappa shape index (κ3) is 3.30. The SMILES string of the molecule is CC(=O)C(Cc1ccc(Br)cc1)c1ccccc1. The van der Waals surface area contributed by atoms with Crippen LogP contribution in [0.4, 0.5) is 0 Å². The topological polar surface area (TPSA) is 17.1 Å². The highest BCUT2D eigenvalue weighted by molar-refractivity contribution is 9.10. The molecule has 0 amide bonds. The van der Waals surface area contributed by atoms with Crippen molar-refractivity contribution in [3.63, 3.8) is 0 Å². The fourth-order valence-electron chi connectivity index (χ4n) is 2.04. The highest BCUT2D eigenvalue weighted by Crippen LogP contribution is 2.22. The van der Waals surface area contributed by atoms with Crippen LogP contribution in [0.3, 0.4) is 0 Å². The minimum absolute atomic E-state index is 0.0487. The van der Waals surface area contributed by atoms with Crippen LogP contribution in [-0.4, -0.2) is 5.78 Å². The Kier molecular flexibility index (Phi) is 4.32. The summed E-state index contributed by atoms with van der Waals surface area (Å²) < 4.78 is 1.06. The van der Waals surface area contributed by atoms with Gasteiger partial charge in [0.25, 0.3) is 0 Å². The average molecular weight is 303 g/mol. The summed E-state index contributed by atoms with van der Waals surface area (Å²) in [6.07, 6.45) is 0.757. The van der Waals surface area contributed by atoms with E-state index in [0.717, 1.165) is 16.5 Å². The van der Waals surface area contributed by atoms with Crippen molar-refractivity contribution < 1.29 is 4.79 Å². The molecule has 2 aromatic carbocycles. The Morgan fingerprint density at radius 3 is 2.22 bits per heavy atom. The molecule has 2 aromatic rings. The normalized spacial score (nSPS) is 12.1. The van der Waals surface area contributed by atoms with E-state index < -0.39 is 0 Å². The van der Waals surface area contributed by atoms with Crippen LogP contribution in [0.15, 0.2) is 59.1 Å². The van der Waals surface area contributed by atoms with Crippen LogP contribution in [0.5, 0.6) is 0 Å². The zero-order chi connectivity index (χ0) is 13.0. The van der Waals surface area contributed by atoms with Gasteiger partial charge in [0.05, 0.1) is 0 Å². The van der Waals surface area contributed by atoms with E-state index in [0.29, 0.717) is 0 Å². The molecule has 18 heavy (non-hydrogen) atoms. The van der Waals surface area contributed by atoms with Crippen LogP contribution in [-0.2, 0) is 11.2 Å². The second-order valence-electron chi connectivity index (χ2n) is 4.40. The molecule has 0 aliphatic rings. The molecule has 0 aromatic heterocycles. The van der Waals surface area contributed by atoms with Gasteiger partial charge in [-0.15, -0.1) is 0 Å². The van der Waals surface area contributed by atoms with Crippen molar-refractivity contribution >= 4 is 21.7 Å². The van der Waals surface area contributed by atoms with E-state index in [1.165, 1.54) is 5.56 Å². The Labute approximate surface area is 116 Å². The lowest BCUT2D eigenvalue weighted by molar-refractivity contribution is -0.118. The molecule has 92 valence electrons. The fourth-order valence-corrected chi connectivity index (χ4v) is 2.30. The summed E-state index contributed by atoms with van der Waals surface area (Å²) in [7, 11) is 0. The summed E-state index contributed by atoms with van der Waals surface area (Å²) >= 11 is 3.42. The smallest absolute Gasteiger partial charge is 0.137 e. The monoisotopic (exact) mass is 302 g/mol. The van der Waals surface area contributed by atoms with Gasteiger partial charge in [-0.25, -0.2) is 0 Å². The van der Waals surface area contributed by atoms with Gasteiger partial charge < -0.3 is 0 Å². The molecule has 0 spiro atoms. The van der Waals surface area contributed by atoms with Crippen LogP contribution in [0.25, 0.3) is 0 Å². The molecular weight excluding hydrogens is 288 g/mol. The molecule has 0 bridgehead atoms. The Hall–Kier alpha value is -1.41. The van der Waals surface area contributed by atoms with Crippen molar-refractivity contribution in [1.29, 1.82) is 0 Å². The van der Waals surface area contributed by atoms with E-state index in [-0.39, 0.29) is 11.7 Å². The van der Waals surface area contributed by atoms with Crippen LogP contribution in [0.2, 0.25) is 0 Å². The van der Waals surface area contributed by atoms with Gasteiger partial charge in [-0.2, -0.15) is 0 Å². The predicted molar refractivity (Wildman–Crippen MR) is 77.7 cm³/mol. The van der Waals surface area contributed by atoms with E-state index >= 15 is 0 Å². The van der Waals surface area contributed by atoms with Crippen LogP contribution >= 0.6 is 15.9 Å². The molecule has 0 heterocycles. The minimum Gasteiger partial charge on any atom is -0.299 e. The number of hydrogen-bond donors (Lipinski definition) is 0. The van der Waals surface area contributed by atoms with Crippen LogP contribution in [0.1, 0.15) is 24.0 Å². The van der Waals surface area contributed by atoms with Crippen molar-refractivity contribution in [2.75, 3.05) is 0 Å². The molecule has 0 aliphatic heterocycles. The van der Waals surface area contributed by atoms with E-state index in [1.807, 2.05) is 42.5 Å². The quantitative estimate of drug-likeness (QED) is 0.820. The molecule has 1 nitrogen and oxygen atoms in total. The molecule has 0 saturated heterocycles. The van der Waals surface area contributed by atoms with Gasteiger partial charge in [-0.3, -0.25) is 4.79 Å². The number of hydrogen-bond acceptors (Lipinski definition) is 1. The Morgan fingerprint density at radius 2 is 1.67 bits per heavy atom. The van der Waals surface area contributed by atoms with Crippen molar-refractivity contribution in [3.8, 4) is 0 Å². The van der Waals surface area contributed by atoms with Crippen LogP contribution in [0, 0.1) is 0 Å². The average Bonchev–Trinajstić information content (AvgIpc) is 2.38. The summed E-state index contributed by atoms with van der Waals surface area (Å²) in [6, 6.07) is 18.1. The number of halogens is 1. The molecule has 0 saturated carbocycles. The summed E-state index contributed by atoms with van der Waals surface area (Å²) in [5.74, 6) is 0.163. The Morgan fingerprint density at radius 1 is 1.06 bits per heavy atom. The van der Waals surface area contributed by atoms with Crippen LogP contribution < -0.4 is 0 Å². The zero-order valence-corrected chi connectivity index (χ0v) is 11.9. The lowest BCUT2D eigenvalue weighted by atomic mass is 9.89. The van der Waals surface area contributed by atoms with Gasteiger partial charge in [0, 0.05) is 10.4 Å². The number of carbonyl (C=O) groups excluding carboxylic acids is 1. The summed E-state index contributed by atoms with van der Waals surface area (Å²) in [5, 5.41) is 0. The summed E-state index contributed by atoms with van der Waals surface area (Å²) in [5.41, 5.74) is 2.27. The van der Waals surface area contributed by atoms with Gasteiger partial charge in [0.2, 0.25) is 0 Å². The maximum absolute atomic E-state index is 11.8. The highest BCUT2D eigenvalue weighted by Gasteiger charge is 2.16. The van der Waals surface area contributed by atoms with Gasteiger partial charge in [0.1, 0.15) is 5.78 Å². The van der Waals surface area contributed by atoms with Crippen molar-refractivity contribution in [3.05, 3.63) is 70.2 Å². The molecular formula is C16H15BrO. The number of Topliss-reactive ketones (excluding diaryl/α,β-unsaturated/α-hetero) is 1. The molecule has 0 N–H and O–H groups in total. The second-order valence-corrected chi connectivity index (χ2v) is 5.32. The first-order valence-corrected chi connectivity index (χ1v) is 6.76. The van der Waals surface area contributed by atoms with E-state index in [9.17, 15) is 4.79 Å². The maximum Gasteiger partial charge on any atom is 0.137 e. The highest BCUT2D eigenvalue weighted by atomic mass is 79.9. The lowest BCUT2D eigenvalue weighted by Crippen LogP contribution is -2.11. The molecule has 1 atom stereocenters. The third-order valence-electron chi connectivity index (χ3n) is 3.05. The first-order valence-electron chi connectivity index (χ1n) is 5.96. The first kappa shape index (κ1) is 13.0. The number of carbonyl (C=O) groups is 1. The second kappa shape index (κ2) is 5.96. The number of ketones is 1. The third-order valence-corrected chi connectivity index (χ3v) is 3.57. The summed E-state index contributed by atoms with van der Waals surface area (Å²) in [6.45, 7) is 1.66. The van der Waals surface area contributed by atoms with Gasteiger partial charge >= 0.3 is 0 Å². The molecule has 1 unspecified atom stereocenters. The minimum atomic E-state index is -0.0487. The van der Waals surface area contributed by atoms with Crippen molar-refractivity contribution in [2.24, 2.45) is 0 Å². The fraction of sp³-hybridized carbons (Fsp3) is 0.188. The number of rotatable bonds is 4. The van der Waals surface area contributed by atoms with Gasteiger partial charge in [-0.1, -0.05) is 58.4 Å². The molecule has 0 fully saturated rings. The zero-order valence-electron chi connectivity index (χ0n) is 10.3. The van der Waals surface area contributed by atoms with E-state index in [4.69, 9.17) is 0 Å². The Bertz CT molecular complexity index is 517. The Balaban J connectivity index is 2.22. The molecule has 2 heteroatoms. The lowest BCUT2D eigenvalue weighted by Gasteiger charge is -2.14. The van der Waals surface area contributed by atoms with Gasteiger partial charge in [0.15, 0.2) is 0 Å². The van der Waals surface area contributed by atoms with Crippen molar-refractivity contribution in [2.45, 2.75) is 19.3 Å². The van der Waals surface area contributed by atoms with Gasteiger partial charge in [-0.05, 0) is 36.6 Å². The maximum atomic E-state index is 11.8. The first-order chi connectivity index (χ1) is 8.66. The summed E-state index contributed by atoms with van der Waals surface area (Å²) in [4.78, 5) is 11.8. The standard InChI is InChI=1S/C16H15BrO/c1-12(18)16(14-5-3-2-4-6-14)11-13-7-9-15(17)10-8-13/h2-10,16H,11H2,1H3. The number of benzene rings is 2. The van der Waals surface area contributed by atoms with E-state index in [2.05, 4.69) is 28.1 Å².